The van der Waals surface area contributed by atoms with Crippen LogP contribution in [0.4, 0.5) is 11.4 Å². The highest BCUT2D eigenvalue weighted by Gasteiger charge is 2.37. The van der Waals surface area contributed by atoms with Gasteiger partial charge in [0.25, 0.3) is 5.91 Å². The lowest BCUT2D eigenvalue weighted by molar-refractivity contribution is 0.0974. The van der Waals surface area contributed by atoms with Crippen LogP contribution in [0.25, 0.3) is 11.5 Å². The fraction of sp³-hybridized carbons (Fsp3) is 0.167. The molecule has 32 heavy (non-hydrogen) atoms. The van der Waals surface area contributed by atoms with Crippen LogP contribution in [0, 0.1) is 6.92 Å². The van der Waals surface area contributed by atoms with E-state index >= 15 is 0 Å². The fourth-order valence-corrected chi connectivity index (χ4v) is 3.97. The zero-order valence-electron chi connectivity index (χ0n) is 17.9. The number of aromatic nitrogens is 2. The van der Waals surface area contributed by atoms with E-state index in [4.69, 9.17) is 13.9 Å². The summed E-state index contributed by atoms with van der Waals surface area (Å²) < 4.78 is 16.8. The normalized spacial score (nSPS) is 15.3. The van der Waals surface area contributed by atoms with Gasteiger partial charge in [0.15, 0.2) is 5.76 Å². The first kappa shape index (κ1) is 19.7. The van der Waals surface area contributed by atoms with Crippen molar-refractivity contribution in [2.45, 2.75) is 13.1 Å². The quantitative estimate of drug-likeness (QED) is 0.474. The average molecular weight is 430 g/mol. The number of nitrogens with one attached hydrogen (secondary N) is 2. The van der Waals surface area contributed by atoms with Gasteiger partial charge in [0.05, 0.1) is 31.7 Å². The van der Waals surface area contributed by atoms with E-state index in [9.17, 15) is 4.79 Å². The van der Waals surface area contributed by atoms with E-state index in [0.29, 0.717) is 34.2 Å². The second-order valence-electron chi connectivity index (χ2n) is 7.42. The molecule has 0 unspecified atom stereocenters. The molecular weight excluding hydrogens is 408 g/mol. The zero-order chi connectivity index (χ0) is 22.2. The van der Waals surface area contributed by atoms with Gasteiger partial charge in [-0.05, 0) is 43.3 Å². The molecule has 0 aliphatic carbocycles. The van der Waals surface area contributed by atoms with Crippen LogP contribution in [0.15, 0.2) is 65.2 Å². The van der Waals surface area contributed by atoms with Crippen LogP contribution in [-0.2, 0) is 0 Å². The first-order chi connectivity index (χ1) is 15.6. The second-order valence-corrected chi connectivity index (χ2v) is 7.42. The minimum atomic E-state index is -0.557. The fourth-order valence-electron chi connectivity index (χ4n) is 3.97. The van der Waals surface area contributed by atoms with Crippen molar-refractivity contribution in [2.75, 3.05) is 24.4 Å². The number of para-hydroxylation sites is 1. The highest BCUT2D eigenvalue weighted by molar-refractivity contribution is 6.12. The summed E-state index contributed by atoms with van der Waals surface area (Å²) in [7, 11) is 3.15. The lowest BCUT2D eigenvalue weighted by Crippen LogP contribution is -2.43. The Bertz CT molecular complexity index is 1290. The molecule has 1 aliphatic rings. The summed E-state index contributed by atoms with van der Waals surface area (Å²) in [4.78, 5) is 15.4. The third-order valence-corrected chi connectivity index (χ3v) is 5.52. The van der Waals surface area contributed by atoms with Gasteiger partial charge in [-0.1, -0.05) is 12.1 Å². The molecule has 4 aromatic rings. The molecule has 2 N–H and O–H groups in total. The van der Waals surface area contributed by atoms with E-state index < -0.39 is 6.17 Å². The van der Waals surface area contributed by atoms with Crippen LogP contribution in [0.2, 0.25) is 0 Å². The molecular formula is C24H22N4O4. The monoisotopic (exact) mass is 430 g/mol. The van der Waals surface area contributed by atoms with Crippen LogP contribution in [0.1, 0.15) is 27.8 Å². The Morgan fingerprint density at radius 2 is 1.91 bits per heavy atom. The zero-order valence-corrected chi connectivity index (χ0v) is 17.9. The van der Waals surface area contributed by atoms with Gasteiger partial charge in [-0.25, -0.2) is 0 Å². The second kappa shape index (κ2) is 7.81. The van der Waals surface area contributed by atoms with Gasteiger partial charge in [0.1, 0.15) is 29.1 Å². The number of H-pyrrole nitrogens is 1. The SMILES string of the molecule is COc1ccc(N2C(=O)c3ccccc3N[C@H]2c2cn[nH]c2-c2ccc(C)o2)c(OC)c1. The minimum Gasteiger partial charge on any atom is -0.497 e. The first-order valence-corrected chi connectivity index (χ1v) is 10.1. The maximum atomic E-state index is 13.7. The van der Waals surface area contributed by atoms with Crippen LogP contribution in [0.5, 0.6) is 11.5 Å². The maximum absolute atomic E-state index is 13.7. The number of rotatable bonds is 5. The molecule has 0 bridgehead atoms. The van der Waals surface area contributed by atoms with Gasteiger partial charge >= 0.3 is 0 Å². The van der Waals surface area contributed by atoms with Crippen molar-refractivity contribution in [3.05, 3.63) is 77.7 Å². The molecule has 3 heterocycles. The van der Waals surface area contributed by atoms with E-state index in [2.05, 4.69) is 15.5 Å². The molecule has 5 rings (SSSR count). The molecule has 1 atom stereocenters. The Kier molecular flexibility index (Phi) is 4.82. The van der Waals surface area contributed by atoms with Crippen molar-refractivity contribution in [3.63, 3.8) is 0 Å². The number of amides is 1. The molecule has 2 aromatic heterocycles. The molecule has 2 aromatic carbocycles. The first-order valence-electron chi connectivity index (χ1n) is 10.1. The van der Waals surface area contributed by atoms with Gasteiger partial charge in [-0.2, -0.15) is 5.10 Å². The topological polar surface area (TPSA) is 92.6 Å². The standard InChI is InChI=1S/C24H22N4O4/c1-14-8-11-20(32-14)22-17(13-25-27-22)23-26-18-7-5-4-6-16(18)24(29)28(23)19-10-9-15(30-2)12-21(19)31-3/h4-13,23,26H,1-3H3,(H,25,27)/t23-/m1/s1. The molecule has 0 saturated heterocycles. The van der Waals surface area contributed by atoms with Gasteiger partial charge < -0.3 is 19.2 Å². The third kappa shape index (κ3) is 3.17. The van der Waals surface area contributed by atoms with Gasteiger partial charge in [-0.3, -0.25) is 14.8 Å². The van der Waals surface area contributed by atoms with E-state index in [0.717, 1.165) is 17.0 Å². The number of hydrogen-bond donors (Lipinski definition) is 2. The number of furan rings is 1. The summed E-state index contributed by atoms with van der Waals surface area (Å²) in [5.41, 5.74) is 3.38. The number of methoxy groups -OCH3 is 2. The number of aromatic amines is 1. The number of carbonyl (C=O) groups is 1. The van der Waals surface area contributed by atoms with Gasteiger partial charge in [-0.15, -0.1) is 0 Å². The lowest BCUT2D eigenvalue weighted by atomic mass is 10.0. The Balaban J connectivity index is 1.69. The largest absolute Gasteiger partial charge is 0.497 e. The molecule has 1 aliphatic heterocycles. The Labute approximate surface area is 184 Å². The summed E-state index contributed by atoms with van der Waals surface area (Å²) in [5, 5.41) is 10.8. The predicted molar refractivity (Wildman–Crippen MR) is 120 cm³/mol. The molecule has 8 heteroatoms. The van der Waals surface area contributed by atoms with E-state index in [1.54, 1.807) is 43.5 Å². The molecule has 0 fully saturated rings. The van der Waals surface area contributed by atoms with Crippen molar-refractivity contribution in [3.8, 4) is 23.0 Å². The van der Waals surface area contributed by atoms with Crippen LogP contribution < -0.4 is 19.7 Å². The number of aryl methyl sites for hydroxylation is 1. The summed E-state index contributed by atoms with van der Waals surface area (Å²) in [6.07, 6.45) is 1.15. The van der Waals surface area contributed by atoms with Crippen molar-refractivity contribution in [1.29, 1.82) is 0 Å². The maximum Gasteiger partial charge on any atom is 0.262 e. The van der Waals surface area contributed by atoms with Crippen LogP contribution in [0.3, 0.4) is 0 Å². The van der Waals surface area contributed by atoms with E-state index in [1.807, 2.05) is 43.3 Å². The van der Waals surface area contributed by atoms with Crippen molar-refractivity contribution < 1.29 is 18.7 Å². The van der Waals surface area contributed by atoms with Crippen molar-refractivity contribution in [1.82, 2.24) is 10.2 Å². The van der Waals surface area contributed by atoms with Gasteiger partial charge in [0.2, 0.25) is 0 Å². The number of ether oxygens (including phenoxy) is 2. The Morgan fingerprint density at radius 1 is 1.06 bits per heavy atom. The molecule has 1 amide bonds. The van der Waals surface area contributed by atoms with E-state index in [1.165, 1.54) is 0 Å². The third-order valence-electron chi connectivity index (χ3n) is 5.52. The lowest BCUT2D eigenvalue weighted by Gasteiger charge is -2.38. The number of nitrogens with zero attached hydrogens (tertiary/aromatic N) is 2. The summed E-state index contributed by atoms with van der Waals surface area (Å²) in [6, 6.07) is 16.6. The molecule has 0 spiro atoms. The smallest absolute Gasteiger partial charge is 0.262 e. The molecule has 8 nitrogen and oxygen atoms in total. The summed E-state index contributed by atoms with van der Waals surface area (Å²) in [6.45, 7) is 1.88. The number of carbonyl (C=O) groups excluding carboxylic acids is 1. The number of hydrogen-bond acceptors (Lipinski definition) is 6. The Hall–Kier alpha value is -4.20. The highest BCUT2D eigenvalue weighted by Crippen LogP contribution is 2.43. The van der Waals surface area contributed by atoms with Crippen molar-refractivity contribution in [2.24, 2.45) is 0 Å². The number of fused-ring (bicyclic) bond motifs is 1. The Morgan fingerprint density at radius 3 is 2.66 bits per heavy atom. The van der Waals surface area contributed by atoms with Crippen LogP contribution >= 0.6 is 0 Å². The van der Waals surface area contributed by atoms with Gasteiger partial charge in [0, 0.05) is 17.3 Å². The number of anilines is 2. The van der Waals surface area contributed by atoms with Crippen LogP contribution in [-0.4, -0.2) is 30.3 Å². The molecule has 0 radical (unpaired) electrons. The minimum absolute atomic E-state index is 0.157. The number of benzene rings is 2. The summed E-state index contributed by atoms with van der Waals surface area (Å²) >= 11 is 0. The average Bonchev–Trinajstić information content (AvgIpc) is 3.47. The molecule has 0 saturated carbocycles. The van der Waals surface area contributed by atoms with Crippen molar-refractivity contribution >= 4 is 17.3 Å². The summed E-state index contributed by atoms with van der Waals surface area (Å²) in [5.74, 6) is 2.42. The predicted octanol–water partition coefficient (Wildman–Crippen LogP) is 4.77. The molecule has 162 valence electrons. The van der Waals surface area contributed by atoms with E-state index in [-0.39, 0.29) is 5.91 Å². The highest BCUT2D eigenvalue weighted by atomic mass is 16.5.